The highest BCUT2D eigenvalue weighted by Gasteiger charge is 2.28. The molecule has 0 radical (unpaired) electrons. The first-order valence-electron chi connectivity index (χ1n) is 6.06. The molecule has 2 unspecified atom stereocenters. The molecular formula is C11H23N3. The highest BCUT2D eigenvalue weighted by atomic mass is 15.1. The van der Waals surface area contributed by atoms with Gasteiger partial charge in [-0.2, -0.15) is 0 Å². The third-order valence-corrected chi connectivity index (χ3v) is 3.65. The van der Waals surface area contributed by atoms with Crippen LogP contribution in [0.15, 0.2) is 0 Å². The zero-order valence-corrected chi connectivity index (χ0v) is 9.04. The minimum atomic E-state index is 0.801. The molecule has 14 heavy (non-hydrogen) atoms. The lowest BCUT2D eigenvalue weighted by Crippen LogP contribution is -2.44. The first-order valence-corrected chi connectivity index (χ1v) is 6.06. The molecule has 2 aliphatic rings. The van der Waals surface area contributed by atoms with E-state index < -0.39 is 0 Å². The van der Waals surface area contributed by atoms with E-state index in [4.69, 9.17) is 5.73 Å². The third kappa shape index (κ3) is 2.47. The SMILES string of the molecule is NCCN1CCCC(C2CCCN2)C1. The van der Waals surface area contributed by atoms with E-state index in [0.717, 1.165) is 25.0 Å². The Morgan fingerprint density at radius 2 is 2.21 bits per heavy atom. The molecule has 0 bridgehead atoms. The van der Waals surface area contributed by atoms with E-state index in [-0.39, 0.29) is 0 Å². The average molecular weight is 197 g/mol. The Labute approximate surface area is 87.0 Å². The van der Waals surface area contributed by atoms with Crippen molar-refractivity contribution in [1.82, 2.24) is 10.2 Å². The second-order valence-corrected chi connectivity index (χ2v) is 4.69. The fraction of sp³-hybridized carbons (Fsp3) is 1.00. The Balaban J connectivity index is 1.80. The van der Waals surface area contributed by atoms with Gasteiger partial charge in [-0.05, 0) is 44.7 Å². The lowest BCUT2D eigenvalue weighted by molar-refractivity contribution is 0.155. The number of rotatable bonds is 3. The molecule has 0 spiro atoms. The molecule has 2 saturated heterocycles. The maximum atomic E-state index is 5.60. The smallest absolute Gasteiger partial charge is 0.0108 e. The van der Waals surface area contributed by atoms with Crippen molar-refractivity contribution in [3.8, 4) is 0 Å². The van der Waals surface area contributed by atoms with Gasteiger partial charge >= 0.3 is 0 Å². The molecule has 2 atom stereocenters. The van der Waals surface area contributed by atoms with Crippen LogP contribution in [0, 0.1) is 5.92 Å². The Morgan fingerprint density at radius 3 is 2.93 bits per heavy atom. The molecule has 3 heteroatoms. The van der Waals surface area contributed by atoms with Crippen LogP contribution < -0.4 is 11.1 Å². The van der Waals surface area contributed by atoms with Gasteiger partial charge in [-0.25, -0.2) is 0 Å². The van der Waals surface area contributed by atoms with Crippen molar-refractivity contribution in [3.05, 3.63) is 0 Å². The van der Waals surface area contributed by atoms with E-state index in [2.05, 4.69) is 10.2 Å². The average Bonchev–Trinajstić information content (AvgIpc) is 2.71. The summed E-state index contributed by atoms with van der Waals surface area (Å²) in [6, 6.07) is 0.801. The summed E-state index contributed by atoms with van der Waals surface area (Å²) in [6.07, 6.45) is 5.54. The van der Waals surface area contributed by atoms with Gasteiger partial charge in [0.2, 0.25) is 0 Å². The minimum absolute atomic E-state index is 0.801. The summed E-state index contributed by atoms with van der Waals surface area (Å²) in [6.45, 7) is 5.67. The summed E-state index contributed by atoms with van der Waals surface area (Å²) in [5, 5.41) is 3.63. The molecule has 2 heterocycles. The molecule has 2 rings (SSSR count). The molecule has 0 saturated carbocycles. The van der Waals surface area contributed by atoms with Gasteiger partial charge in [0.25, 0.3) is 0 Å². The lowest BCUT2D eigenvalue weighted by Gasteiger charge is -2.35. The standard InChI is InChI=1S/C11H23N3/c12-5-8-14-7-2-3-10(9-14)11-4-1-6-13-11/h10-11,13H,1-9,12H2. The van der Waals surface area contributed by atoms with Crippen molar-refractivity contribution in [2.75, 3.05) is 32.7 Å². The van der Waals surface area contributed by atoms with Crippen molar-refractivity contribution in [1.29, 1.82) is 0 Å². The fourth-order valence-corrected chi connectivity index (χ4v) is 2.92. The first kappa shape index (κ1) is 10.4. The van der Waals surface area contributed by atoms with Gasteiger partial charge in [0.15, 0.2) is 0 Å². The van der Waals surface area contributed by atoms with Gasteiger partial charge in [-0.1, -0.05) is 0 Å². The van der Waals surface area contributed by atoms with Crippen LogP contribution in [0.4, 0.5) is 0 Å². The molecule has 0 aromatic rings. The van der Waals surface area contributed by atoms with Crippen LogP contribution in [-0.4, -0.2) is 43.7 Å². The zero-order chi connectivity index (χ0) is 9.80. The summed E-state index contributed by atoms with van der Waals surface area (Å²) >= 11 is 0. The number of piperidine rings is 1. The highest BCUT2D eigenvalue weighted by molar-refractivity contribution is 4.86. The minimum Gasteiger partial charge on any atom is -0.329 e. The second-order valence-electron chi connectivity index (χ2n) is 4.69. The molecule has 2 aliphatic heterocycles. The number of nitrogens with two attached hydrogens (primary N) is 1. The summed E-state index contributed by atoms with van der Waals surface area (Å²) in [4.78, 5) is 2.54. The fourth-order valence-electron chi connectivity index (χ4n) is 2.92. The Kier molecular flexibility index (Phi) is 3.79. The van der Waals surface area contributed by atoms with E-state index in [0.29, 0.717) is 0 Å². The first-order chi connectivity index (χ1) is 6.90. The van der Waals surface area contributed by atoms with Crippen molar-refractivity contribution < 1.29 is 0 Å². The van der Waals surface area contributed by atoms with Crippen LogP contribution in [0.5, 0.6) is 0 Å². The van der Waals surface area contributed by atoms with Crippen molar-refractivity contribution in [2.24, 2.45) is 11.7 Å². The van der Waals surface area contributed by atoms with Crippen molar-refractivity contribution in [3.63, 3.8) is 0 Å². The maximum absolute atomic E-state index is 5.60. The predicted molar refractivity (Wildman–Crippen MR) is 59.2 cm³/mol. The molecular weight excluding hydrogens is 174 g/mol. The molecule has 0 amide bonds. The topological polar surface area (TPSA) is 41.3 Å². The molecule has 3 nitrogen and oxygen atoms in total. The van der Waals surface area contributed by atoms with E-state index in [1.54, 1.807) is 0 Å². The molecule has 0 aliphatic carbocycles. The predicted octanol–water partition coefficient (Wildman–Crippen LogP) is 0.409. The van der Waals surface area contributed by atoms with E-state index in [1.807, 2.05) is 0 Å². The van der Waals surface area contributed by atoms with Gasteiger partial charge in [0, 0.05) is 25.7 Å². The number of nitrogens with zero attached hydrogens (tertiary/aromatic N) is 1. The Morgan fingerprint density at radius 1 is 1.29 bits per heavy atom. The number of hydrogen-bond acceptors (Lipinski definition) is 3. The van der Waals surface area contributed by atoms with Gasteiger partial charge in [-0.15, -0.1) is 0 Å². The van der Waals surface area contributed by atoms with Crippen LogP contribution in [0.25, 0.3) is 0 Å². The lowest BCUT2D eigenvalue weighted by atomic mass is 9.90. The van der Waals surface area contributed by atoms with Gasteiger partial charge in [0.1, 0.15) is 0 Å². The van der Waals surface area contributed by atoms with E-state index in [9.17, 15) is 0 Å². The quantitative estimate of drug-likeness (QED) is 0.688. The van der Waals surface area contributed by atoms with Crippen molar-refractivity contribution >= 4 is 0 Å². The maximum Gasteiger partial charge on any atom is 0.0108 e. The number of likely N-dealkylation sites (tertiary alicyclic amines) is 1. The Bertz CT molecular complexity index is 164. The summed E-state index contributed by atoms with van der Waals surface area (Å²) in [5.74, 6) is 0.887. The summed E-state index contributed by atoms with van der Waals surface area (Å²) in [7, 11) is 0. The van der Waals surface area contributed by atoms with E-state index >= 15 is 0 Å². The van der Waals surface area contributed by atoms with Gasteiger partial charge < -0.3 is 16.0 Å². The highest BCUT2D eigenvalue weighted by Crippen LogP contribution is 2.24. The molecule has 0 aromatic carbocycles. The van der Waals surface area contributed by atoms with Crippen LogP contribution in [0.1, 0.15) is 25.7 Å². The molecule has 2 fully saturated rings. The van der Waals surface area contributed by atoms with Gasteiger partial charge in [0.05, 0.1) is 0 Å². The number of nitrogens with one attached hydrogen (secondary N) is 1. The largest absolute Gasteiger partial charge is 0.329 e. The second kappa shape index (κ2) is 5.10. The molecule has 0 aromatic heterocycles. The monoisotopic (exact) mass is 197 g/mol. The molecule has 82 valence electrons. The normalized spacial score (nSPS) is 34.9. The number of hydrogen-bond donors (Lipinski definition) is 2. The van der Waals surface area contributed by atoms with Crippen molar-refractivity contribution in [2.45, 2.75) is 31.7 Å². The van der Waals surface area contributed by atoms with Crippen LogP contribution in [0.2, 0.25) is 0 Å². The molecule has 3 N–H and O–H groups in total. The van der Waals surface area contributed by atoms with Crippen LogP contribution in [0.3, 0.4) is 0 Å². The summed E-state index contributed by atoms with van der Waals surface area (Å²) < 4.78 is 0. The zero-order valence-electron chi connectivity index (χ0n) is 9.04. The van der Waals surface area contributed by atoms with Crippen LogP contribution >= 0.6 is 0 Å². The summed E-state index contributed by atoms with van der Waals surface area (Å²) in [5.41, 5.74) is 5.60. The Hall–Kier alpha value is -0.120. The van der Waals surface area contributed by atoms with Gasteiger partial charge in [-0.3, -0.25) is 0 Å². The van der Waals surface area contributed by atoms with E-state index in [1.165, 1.54) is 45.3 Å². The third-order valence-electron chi connectivity index (χ3n) is 3.65. The van der Waals surface area contributed by atoms with Crippen LogP contribution in [-0.2, 0) is 0 Å².